The van der Waals surface area contributed by atoms with E-state index in [0.29, 0.717) is 16.7 Å². The zero-order chi connectivity index (χ0) is 28.7. The van der Waals surface area contributed by atoms with E-state index in [9.17, 15) is 19.2 Å². The van der Waals surface area contributed by atoms with E-state index in [1.165, 1.54) is 27.7 Å². The summed E-state index contributed by atoms with van der Waals surface area (Å²) in [5.74, 6) is -1.15. The van der Waals surface area contributed by atoms with Crippen LogP contribution >= 0.6 is 11.8 Å². The molecule has 39 heavy (non-hydrogen) atoms. The van der Waals surface area contributed by atoms with Crippen LogP contribution in [0.5, 0.6) is 5.75 Å². The minimum absolute atomic E-state index is 0.147. The number of nitrogens with zero attached hydrogens (tertiary/aromatic N) is 3. The SMILES string of the molecule is CC(=O)N[C@H]1[C@@H](OC(C)=O)[C@H](OC(C)=O)[C@@H](COC(C)=O)O[C@H]1Sc1nnc(COc2cccc(C)c2)n1C. The molecule has 0 radical (unpaired) electrons. The fourth-order valence-electron chi connectivity index (χ4n) is 3.92. The first-order valence-corrected chi connectivity index (χ1v) is 13.0. The summed E-state index contributed by atoms with van der Waals surface area (Å²) in [6.45, 7) is 6.71. The maximum absolute atomic E-state index is 12.1. The summed E-state index contributed by atoms with van der Waals surface area (Å²) in [7, 11) is 1.75. The molecule has 2 heterocycles. The van der Waals surface area contributed by atoms with Crippen LogP contribution in [0.3, 0.4) is 0 Å². The van der Waals surface area contributed by atoms with E-state index in [-0.39, 0.29) is 13.2 Å². The number of esters is 3. The number of hydrogen-bond acceptors (Lipinski definition) is 12. The first kappa shape index (κ1) is 29.9. The Kier molecular flexibility index (Phi) is 10.3. The van der Waals surface area contributed by atoms with Gasteiger partial charge in [-0.3, -0.25) is 19.2 Å². The molecule has 1 amide bonds. The number of aromatic nitrogens is 3. The Balaban J connectivity index is 1.89. The largest absolute Gasteiger partial charge is 0.486 e. The summed E-state index contributed by atoms with van der Waals surface area (Å²) < 4.78 is 29.8. The fourth-order valence-corrected chi connectivity index (χ4v) is 5.05. The Morgan fingerprint density at radius 1 is 1.03 bits per heavy atom. The molecule has 1 aliphatic rings. The molecule has 0 spiro atoms. The highest BCUT2D eigenvalue weighted by Gasteiger charge is 2.51. The standard InChI is InChI=1S/C25H32N4O9S/c1-13-8-7-9-18(10-13)35-12-20-27-28-25(29(20)6)39-24-21(26-14(2)30)23(37-17(5)33)22(36-16(4)32)19(38-24)11-34-15(3)31/h7-10,19,21-24H,11-12H2,1-6H3,(H,26,30)/t19-,21+,22-,23-,24+/m1/s1. The Bertz CT molecular complexity index is 1200. The van der Waals surface area contributed by atoms with Gasteiger partial charge in [-0.05, 0) is 24.6 Å². The third-order valence-corrected chi connectivity index (χ3v) is 6.78. The molecule has 1 aromatic carbocycles. The molecule has 1 fully saturated rings. The van der Waals surface area contributed by atoms with Gasteiger partial charge in [-0.25, -0.2) is 0 Å². The number of rotatable bonds is 10. The fraction of sp³-hybridized carbons (Fsp3) is 0.520. The van der Waals surface area contributed by atoms with Gasteiger partial charge in [0.1, 0.15) is 36.5 Å². The third kappa shape index (κ3) is 8.42. The number of carbonyl (C=O) groups is 4. The molecule has 1 aliphatic heterocycles. The molecule has 1 N–H and O–H groups in total. The second-order valence-electron chi connectivity index (χ2n) is 8.90. The summed E-state index contributed by atoms with van der Waals surface area (Å²) >= 11 is 1.10. The van der Waals surface area contributed by atoms with Crippen LogP contribution in [0.15, 0.2) is 29.4 Å². The number of thioether (sulfide) groups is 1. The van der Waals surface area contributed by atoms with Crippen molar-refractivity contribution in [2.24, 2.45) is 7.05 Å². The minimum Gasteiger partial charge on any atom is -0.486 e. The molecule has 5 atom stereocenters. The maximum Gasteiger partial charge on any atom is 0.303 e. The summed E-state index contributed by atoms with van der Waals surface area (Å²) in [5, 5.41) is 11.6. The lowest BCUT2D eigenvalue weighted by Gasteiger charge is -2.44. The number of ether oxygens (including phenoxy) is 5. The van der Waals surface area contributed by atoms with Crippen molar-refractivity contribution in [3.63, 3.8) is 0 Å². The van der Waals surface area contributed by atoms with Crippen LogP contribution in [-0.2, 0) is 51.8 Å². The van der Waals surface area contributed by atoms with E-state index in [2.05, 4.69) is 15.5 Å². The van der Waals surface area contributed by atoms with Crippen LogP contribution in [0.2, 0.25) is 0 Å². The predicted octanol–water partition coefficient (Wildman–Crippen LogP) is 1.45. The minimum atomic E-state index is -1.17. The first-order chi connectivity index (χ1) is 18.4. The lowest BCUT2D eigenvalue weighted by Crippen LogP contribution is -2.65. The average Bonchev–Trinajstić information content (AvgIpc) is 3.18. The van der Waals surface area contributed by atoms with Gasteiger partial charge in [0, 0.05) is 34.7 Å². The van der Waals surface area contributed by atoms with Crippen LogP contribution < -0.4 is 10.1 Å². The molecule has 3 rings (SSSR count). The predicted molar refractivity (Wildman–Crippen MR) is 136 cm³/mol. The molecule has 2 aromatic rings. The molecule has 1 saturated heterocycles. The first-order valence-electron chi connectivity index (χ1n) is 12.1. The van der Waals surface area contributed by atoms with E-state index < -0.39 is 53.6 Å². The molecule has 13 nitrogen and oxygen atoms in total. The van der Waals surface area contributed by atoms with Gasteiger partial charge < -0.3 is 33.6 Å². The lowest BCUT2D eigenvalue weighted by atomic mass is 9.97. The molecule has 0 saturated carbocycles. The summed E-state index contributed by atoms with van der Waals surface area (Å²) in [4.78, 5) is 47.6. The Hall–Kier alpha value is -3.65. The van der Waals surface area contributed by atoms with E-state index >= 15 is 0 Å². The number of carbonyl (C=O) groups excluding carboxylic acids is 4. The van der Waals surface area contributed by atoms with Crippen molar-refractivity contribution in [2.75, 3.05) is 6.61 Å². The second kappa shape index (κ2) is 13.4. The van der Waals surface area contributed by atoms with Crippen molar-refractivity contribution in [1.82, 2.24) is 20.1 Å². The van der Waals surface area contributed by atoms with E-state index in [1.807, 2.05) is 31.2 Å². The van der Waals surface area contributed by atoms with Crippen molar-refractivity contribution in [1.29, 1.82) is 0 Å². The monoisotopic (exact) mass is 564 g/mol. The normalized spacial score (nSPS) is 22.5. The molecule has 0 aliphatic carbocycles. The van der Waals surface area contributed by atoms with Gasteiger partial charge in [0.05, 0.1) is 0 Å². The van der Waals surface area contributed by atoms with Crippen molar-refractivity contribution >= 4 is 35.6 Å². The highest BCUT2D eigenvalue weighted by atomic mass is 32.2. The van der Waals surface area contributed by atoms with Crippen molar-refractivity contribution < 1.29 is 42.9 Å². The molecular weight excluding hydrogens is 532 g/mol. The average molecular weight is 565 g/mol. The van der Waals surface area contributed by atoms with E-state index in [0.717, 1.165) is 17.3 Å². The number of nitrogens with one attached hydrogen (secondary N) is 1. The molecule has 1 aromatic heterocycles. The van der Waals surface area contributed by atoms with Gasteiger partial charge in [0.25, 0.3) is 0 Å². The second-order valence-corrected chi connectivity index (χ2v) is 9.97. The van der Waals surface area contributed by atoms with Crippen LogP contribution in [0.4, 0.5) is 0 Å². The quantitative estimate of drug-likeness (QED) is 0.328. The maximum atomic E-state index is 12.1. The van der Waals surface area contributed by atoms with Crippen molar-refractivity contribution in [3.8, 4) is 5.75 Å². The summed E-state index contributed by atoms with van der Waals surface area (Å²) in [6, 6.07) is 6.63. The molecule has 0 bridgehead atoms. The smallest absolute Gasteiger partial charge is 0.303 e. The Morgan fingerprint density at radius 3 is 2.33 bits per heavy atom. The van der Waals surface area contributed by atoms with Gasteiger partial charge >= 0.3 is 17.9 Å². The van der Waals surface area contributed by atoms with Crippen LogP contribution in [-0.4, -0.2) is 75.0 Å². The lowest BCUT2D eigenvalue weighted by molar-refractivity contribution is -0.211. The van der Waals surface area contributed by atoms with Gasteiger partial charge in [-0.1, -0.05) is 23.9 Å². The Morgan fingerprint density at radius 2 is 1.72 bits per heavy atom. The van der Waals surface area contributed by atoms with Crippen molar-refractivity contribution in [2.45, 2.75) is 76.2 Å². The summed E-state index contributed by atoms with van der Waals surface area (Å²) in [6.07, 6.45) is -3.33. The molecular formula is C25H32N4O9S. The van der Waals surface area contributed by atoms with Crippen LogP contribution in [0.1, 0.15) is 39.1 Å². The Labute approximate surface area is 229 Å². The topological polar surface area (TPSA) is 157 Å². The zero-order valence-electron chi connectivity index (χ0n) is 22.5. The van der Waals surface area contributed by atoms with E-state index in [1.54, 1.807) is 11.6 Å². The van der Waals surface area contributed by atoms with Crippen LogP contribution in [0, 0.1) is 6.92 Å². The van der Waals surface area contributed by atoms with Gasteiger partial charge in [-0.2, -0.15) is 0 Å². The van der Waals surface area contributed by atoms with E-state index in [4.69, 9.17) is 23.7 Å². The van der Waals surface area contributed by atoms with Gasteiger partial charge in [0.15, 0.2) is 23.2 Å². The number of hydrogen-bond donors (Lipinski definition) is 1. The number of amides is 1. The summed E-state index contributed by atoms with van der Waals surface area (Å²) in [5.41, 5.74) is 0.150. The van der Waals surface area contributed by atoms with Crippen LogP contribution in [0.25, 0.3) is 0 Å². The zero-order valence-corrected chi connectivity index (χ0v) is 23.4. The highest BCUT2D eigenvalue weighted by Crippen LogP contribution is 2.35. The molecule has 212 valence electrons. The molecule has 14 heteroatoms. The van der Waals surface area contributed by atoms with Gasteiger partial charge in [-0.15, -0.1) is 10.2 Å². The van der Waals surface area contributed by atoms with Gasteiger partial charge in [0.2, 0.25) is 5.91 Å². The third-order valence-electron chi connectivity index (χ3n) is 5.58. The highest BCUT2D eigenvalue weighted by molar-refractivity contribution is 7.99. The number of benzene rings is 1. The molecule has 0 unspecified atom stereocenters. The van der Waals surface area contributed by atoms with Crippen molar-refractivity contribution in [3.05, 3.63) is 35.7 Å². The number of aryl methyl sites for hydroxylation is 1.